The van der Waals surface area contributed by atoms with Gasteiger partial charge in [0.05, 0.1) is 19.6 Å². The lowest BCUT2D eigenvalue weighted by atomic mass is 9.81. The monoisotopic (exact) mass is 273 g/mol. The van der Waals surface area contributed by atoms with Crippen LogP contribution in [0.25, 0.3) is 10.9 Å². The average molecular weight is 273 g/mol. The molecule has 1 aromatic heterocycles. The second-order valence-electron chi connectivity index (χ2n) is 6.10. The molecule has 0 atom stereocenters. The Labute approximate surface area is 117 Å². The minimum atomic E-state index is -0.769. The van der Waals surface area contributed by atoms with Gasteiger partial charge in [-0.1, -0.05) is 19.9 Å². The summed E-state index contributed by atoms with van der Waals surface area (Å²) in [6.45, 7) is 5.34. The van der Waals surface area contributed by atoms with Gasteiger partial charge in [0.1, 0.15) is 0 Å². The van der Waals surface area contributed by atoms with Crippen molar-refractivity contribution in [3.05, 3.63) is 35.0 Å². The van der Waals surface area contributed by atoms with E-state index in [4.69, 9.17) is 9.84 Å². The highest BCUT2D eigenvalue weighted by Crippen LogP contribution is 2.33. The van der Waals surface area contributed by atoms with Crippen molar-refractivity contribution in [2.24, 2.45) is 0 Å². The van der Waals surface area contributed by atoms with E-state index in [9.17, 15) is 4.79 Å². The highest BCUT2D eigenvalue weighted by atomic mass is 16.5. The summed E-state index contributed by atoms with van der Waals surface area (Å²) in [5, 5.41) is 10.2. The van der Waals surface area contributed by atoms with Gasteiger partial charge in [0.2, 0.25) is 0 Å². The van der Waals surface area contributed by atoms with E-state index < -0.39 is 5.97 Å². The number of hydrogen-bond acceptors (Lipinski definition) is 2. The van der Waals surface area contributed by atoms with Crippen molar-refractivity contribution in [3.63, 3.8) is 0 Å². The van der Waals surface area contributed by atoms with E-state index in [1.165, 1.54) is 11.3 Å². The van der Waals surface area contributed by atoms with Gasteiger partial charge in [-0.2, -0.15) is 0 Å². The van der Waals surface area contributed by atoms with Crippen LogP contribution in [-0.4, -0.2) is 22.7 Å². The fourth-order valence-electron chi connectivity index (χ4n) is 2.93. The number of aromatic amines is 1. The Bertz CT molecular complexity index is 670. The SMILES string of the molecule is CC(C)(CC(=O)O)c1ccc2[nH]c3c(c2c1)COCC3. The summed E-state index contributed by atoms with van der Waals surface area (Å²) in [4.78, 5) is 14.4. The first kappa shape index (κ1) is 13.2. The fraction of sp³-hybridized carbons (Fsp3) is 0.438. The Morgan fingerprint density at radius 3 is 3.00 bits per heavy atom. The molecular formula is C16H19NO3. The third-order valence-electron chi connectivity index (χ3n) is 4.11. The molecule has 0 aliphatic carbocycles. The first-order valence-corrected chi connectivity index (χ1v) is 6.91. The number of nitrogens with one attached hydrogen (secondary N) is 1. The highest BCUT2D eigenvalue weighted by Gasteiger charge is 2.25. The van der Waals surface area contributed by atoms with Crippen LogP contribution in [0.5, 0.6) is 0 Å². The van der Waals surface area contributed by atoms with Gasteiger partial charge in [-0.05, 0) is 17.7 Å². The largest absolute Gasteiger partial charge is 0.481 e. The van der Waals surface area contributed by atoms with E-state index in [1.54, 1.807) is 0 Å². The van der Waals surface area contributed by atoms with E-state index >= 15 is 0 Å². The van der Waals surface area contributed by atoms with Gasteiger partial charge in [0.25, 0.3) is 0 Å². The van der Waals surface area contributed by atoms with E-state index in [1.807, 2.05) is 26.0 Å². The number of carboxylic acid groups (broad SMARTS) is 1. The van der Waals surface area contributed by atoms with Crippen LogP contribution in [0.2, 0.25) is 0 Å². The molecule has 0 unspecified atom stereocenters. The normalized spacial score (nSPS) is 15.3. The first-order valence-electron chi connectivity index (χ1n) is 6.91. The standard InChI is InChI=1S/C16H19NO3/c1-16(2,8-15(18)19)10-3-4-13-11(7-10)12-9-20-6-5-14(12)17-13/h3-4,7,17H,5-6,8-9H2,1-2H3,(H,18,19). The van der Waals surface area contributed by atoms with Crippen LogP contribution in [0.4, 0.5) is 0 Å². The second kappa shape index (κ2) is 4.63. The topological polar surface area (TPSA) is 62.3 Å². The van der Waals surface area contributed by atoms with Crippen molar-refractivity contribution in [2.45, 2.75) is 38.7 Å². The van der Waals surface area contributed by atoms with E-state index in [-0.39, 0.29) is 11.8 Å². The van der Waals surface area contributed by atoms with Crippen molar-refractivity contribution in [2.75, 3.05) is 6.61 Å². The van der Waals surface area contributed by atoms with Gasteiger partial charge in [-0.25, -0.2) is 0 Å². The number of carbonyl (C=O) groups is 1. The van der Waals surface area contributed by atoms with Gasteiger partial charge in [-0.3, -0.25) is 4.79 Å². The Morgan fingerprint density at radius 1 is 1.45 bits per heavy atom. The molecule has 0 saturated heterocycles. The molecule has 2 heterocycles. The van der Waals surface area contributed by atoms with Crippen LogP contribution < -0.4 is 0 Å². The maximum Gasteiger partial charge on any atom is 0.304 e. The van der Waals surface area contributed by atoms with E-state index in [0.717, 1.165) is 29.5 Å². The summed E-state index contributed by atoms with van der Waals surface area (Å²) >= 11 is 0. The van der Waals surface area contributed by atoms with Gasteiger partial charge in [-0.15, -0.1) is 0 Å². The maximum absolute atomic E-state index is 11.0. The fourth-order valence-corrected chi connectivity index (χ4v) is 2.93. The lowest BCUT2D eigenvalue weighted by Crippen LogP contribution is -2.21. The molecule has 1 aromatic carbocycles. The molecule has 20 heavy (non-hydrogen) atoms. The first-order chi connectivity index (χ1) is 9.47. The van der Waals surface area contributed by atoms with Gasteiger partial charge in [0.15, 0.2) is 0 Å². The lowest BCUT2D eigenvalue weighted by molar-refractivity contribution is -0.138. The summed E-state index contributed by atoms with van der Waals surface area (Å²) in [5.74, 6) is -0.769. The van der Waals surface area contributed by atoms with Crippen LogP contribution in [0, 0.1) is 0 Å². The third-order valence-corrected chi connectivity index (χ3v) is 4.11. The van der Waals surface area contributed by atoms with Gasteiger partial charge >= 0.3 is 5.97 Å². The Morgan fingerprint density at radius 2 is 2.25 bits per heavy atom. The minimum Gasteiger partial charge on any atom is -0.481 e. The van der Waals surface area contributed by atoms with Crippen molar-refractivity contribution in [3.8, 4) is 0 Å². The number of H-pyrrole nitrogens is 1. The van der Waals surface area contributed by atoms with E-state index in [0.29, 0.717) is 6.61 Å². The molecule has 106 valence electrons. The lowest BCUT2D eigenvalue weighted by Gasteiger charge is -2.23. The summed E-state index contributed by atoms with van der Waals surface area (Å²) < 4.78 is 5.54. The zero-order valence-corrected chi connectivity index (χ0v) is 11.8. The summed E-state index contributed by atoms with van der Waals surface area (Å²) in [6, 6.07) is 6.18. The smallest absolute Gasteiger partial charge is 0.304 e. The van der Waals surface area contributed by atoms with Crippen molar-refractivity contribution in [1.29, 1.82) is 0 Å². The average Bonchev–Trinajstić information content (AvgIpc) is 2.74. The molecule has 4 nitrogen and oxygen atoms in total. The highest BCUT2D eigenvalue weighted by molar-refractivity contribution is 5.86. The molecule has 1 aliphatic heterocycles. The molecule has 0 fully saturated rings. The number of hydrogen-bond donors (Lipinski definition) is 2. The number of aromatic nitrogens is 1. The molecule has 2 aromatic rings. The molecule has 0 amide bonds. The van der Waals surface area contributed by atoms with E-state index in [2.05, 4.69) is 11.1 Å². The Hall–Kier alpha value is -1.81. The second-order valence-corrected chi connectivity index (χ2v) is 6.10. The van der Waals surface area contributed by atoms with Crippen LogP contribution in [-0.2, 0) is 28.0 Å². The van der Waals surface area contributed by atoms with Crippen LogP contribution in [0.1, 0.15) is 37.1 Å². The molecule has 0 saturated carbocycles. The molecular weight excluding hydrogens is 254 g/mol. The predicted molar refractivity (Wildman–Crippen MR) is 76.9 cm³/mol. The number of rotatable bonds is 3. The number of carboxylic acids is 1. The van der Waals surface area contributed by atoms with Gasteiger partial charge < -0.3 is 14.8 Å². The number of benzene rings is 1. The summed E-state index contributed by atoms with van der Waals surface area (Å²) in [6.07, 6.45) is 1.04. The van der Waals surface area contributed by atoms with Crippen LogP contribution in [0.15, 0.2) is 18.2 Å². The number of ether oxygens (including phenoxy) is 1. The number of aliphatic carboxylic acids is 1. The molecule has 0 bridgehead atoms. The van der Waals surface area contributed by atoms with Gasteiger partial charge in [0, 0.05) is 34.0 Å². The minimum absolute atomic E-state index is 0.127. The van der Waals surface area contributed by atoms with Crippen LogP contribution in [0.3, 0.4) is 0 Å². The number of fused-ring (bicyclic) bond motifs is 3. The van der Waals surface area contributed by atoms with Crippen molar-refractivity contribution < 1.29 is 14.6 Å². The third kappa shape index (κ3) is 2.20. The molecule has 2 N–H and O–H groups in total. The summed E-state index contributed by atoms with van der Waals surface area (Å²) in [5.41, 5.74) is 4.26. The molecule has 0 radical (unpaired) electrons. The summed E-state index contributed by atoms with van der Waals surface area (Å²) in [7, 11) is 0. The zero-order valence-electron chi connectivity index (χ0n) is 11.8. The Kier molecular flexibility index (Phi) is 3.05. The quantitative estimate of drug-likeness (QED) is 0.903. The van der Waals surface area contributed by atoms with Crippen LogP contribution >= 0.6 is 0 Å². The Balaban J connectivity index is 2.08. The molecule has 0 spiro atoms. The molecule has 3 rings (SSSR count). The zero-order chi connectivity index (χ0) is 14.3. The van der Waals surface area contributed by atoms with Crippen molar-refractivity contribution >= 4 is 16.9 Å². The molecule has 4 heteroatoms. The van der Waals surface area contributed by atoms with Crippen molar-refractivity contribution in [1.82, 2.24) is 4.98 Å². The predicted octanol–water partition coefficient (Wildman–Crippen LogP) is 2.99. The maximum atomic E-state index is 11.0. The molecule has 1 aliphatic rings.